The molecule has 7 nitrogen and oxygen atoms in total. The molecule has 0 radical (unpaired) electrons. The summed E-state index contributed by atoms with van der Waals surface area (Å²) in [7, 11) is -2.27. The number of rotatable bonds is 6. The number of nitrogens with zero attached hydrogens (tertiary/aromatic N) is 4. The van der Waals surface area contributed by atoms with Crippen LogP contribution in [0.4, 0.5) is 13.2 Å². The second-order valence-electron chi connectivity index (χ2n) is 7.69. The Morgan fingerprint density at radius 3 is 2.52 bits per heavy atom. The van der Waals surface area contributed by atoms with Crippen molar-refractivity contribution in [3.8, 4) is 0 Å². The summed E-state index contributed by atoms with van der Waals surface area (Å²) in [6, 6.07) is 4.40. The largest absolute Gasteiger partial charge is 0.406 e. The molecular formula is C20H25F3N4O3S. The van der Waals surface area contributed by atoms with E-state index in [4.69, 9.17) is 0 Å². The van der Waals surface area contributed by atoms with E-state index in [1.54, 1.807) is 13.0 Å². The molecule has 11 heteroatoms. The number of carbonyl (C=O) groups excluding carboxylic acids is 1. The Labute approximate surface area is 179 Å². The lowest BCUT2D eigenvalue weighted by atomic mass is 10.1. The summed E-state index contributed by atoms with van der Waals surface area (Å²) in [4.78, 5) is 18.2. The normalized spacial score (nSPS) is 15.8. The van der Waals surface area contributed by atoms with Gasteiger partial charge in [0.1, 0.15) is 12.4 Å². The molecule has 1 saturated heterocycles. The topological polar surface area (TPSA) is 75.5 Å². The summed E-state index contributed by atoms with van der Waals surface area (Å²) >= 11 is 0. The van der Waals surface area contributed by atoms with Gasteiger partial charge in [0.2, 0.25) is 10.0 Å². The second kappa shape index (κ2) is 8.99. The highest BCUT2D eigenvalue weighted by Gasteiger charge is 2.30. The number of hydrogen-bond acceptors (Lipinski definition) is 4. The van der Waals surface area contributed by atoms with Gasteiger partial charge in [-0.3, -0.25) is 4.79 Å². The number of hydrogen-bond donors (Lipinski definition) is 0. The van der Waals surface area contributed by atoms with Gasteiger partial charge < -0.3 is 9.47 Å². The standard InChI is InChI=1S/C20H25F3N4O3S/c1-15-6-7-16(31(29,30)27-9-4-3-5-10-27)12-17(15)19(28)25(2)13-18-24-8-11-26(18)14-20(21,22)23/h6-8,11-12H,3-5,9-10,13-14H2,1-2H3. The molecule has 1 aromatic carbocycles. The Kier molecular flexibility index (Phi) is 6.75. The number of amides is 1. The number of halogens is 3. The number of sulfonamides is 1. The van der Waals surface area contributed by atoms with Crippen molar-refractivity contribution in [2.75, 3.05) is 20.1 Å². The molecular weight excluding hydrogens is 433 g/mol. The zero-order valence-electron chi connectivity index (χ0n) is 17.4. The van der Waals surface area contributed by atoms with E-state index in [0.717, 1.165) is 23.8 Å². The van der Waals surface area contributed by atoms with E-state index in [-0.39, 0.29) is 22.8 Å². The molecule has 2 heterocycles. The van der Waals surface area contributed by atoms with Crippen molar-refractivity contribution < 1.29 is 26.4 Å². The lowest BCUT2D eigenvalue weighted by molar-refractivity contribution is -0.141. The highest BCUT2D eigenvalue weighted by molar-refractivity contribution is 7.89. The third kappa shape index (κ3) is 5.45. The van der Waals surface area contributed by atoms with E-state index < -0.39 is 28.7 Å². The molecule has 0 bridgehead atoms. The Morgan fingerprint density at radius 2 is 1.87 bits per heavy atom. The van der Waals surface area contributed by atoms with Gasteiger partial charge in [-0.05, 0) is 37.5 Å². The van der Waals surface area contributed by atoms with Gasteiger partial charge in [-0.25, -0.2) is 13.4 Å². The monoisotopic (exact) mass is 458 g/mol. The second-order valence-corrected chi connectivity index (χ2v) is 9.63. The molecule has 1 aliphatic heterocycles. The number of carbonyl (C=O) groups is 1. The lowest BCUT2D eigenvalue weighted by Gasteiger charge is -2.26. The van der Waals surface area contributed by atoms with Gasteiger partial charge in [-0.1, -0.05) is 12.5 Å². The van der Waals surface area contributed by atoms with Crippen molar-refractivity contribution in [1.82, 2.24) is 18.8 Å². The predicted molar refractivity (Wildman–Crippen MR) is 108 cm³/mol. The van der Waals surface area contributed by atoms with E-state index >= 15 is 0 Å². The van der Waals surface area contributed by atoms with Crippen LogP contribution in [-0.4, -0.2) is 59.4 Å². The number of alkyl halides is 3. The highest BCUT2D eigenvalue weighted by Crippen LogP contribution is 2.24. The fraction of sp³-hybridized carbons (Fsp3) is 0.500. The molecule has 0 N–H and O–H groups in total. The van der Waals surface area contributed by atoms with Gasteiger partial charge in [0.15, 0.2) is 0 Å². The Morgan fingerprint density at radius 1 is 1.19 bits per heavy atom. The minimum absolute atomic E-state index is 0.0373. The summed E-state index contributed by atoms with van der Waals surface area (Å²) in [5.74, 6) is -0.405. The summed E-state index contributed by atoms with van der Waals surface area (Å²) < 4.78 is 66.5. The maximum atomic E-state index is 13.0. The Hall–Kier alpha value is -2.40. The molecule has 1 amide bonds. The van der Waals surface area contributed by atoms with Gasteiger partial charge in [0, 0.05) is 38.1 Å². The third-order valence-corrected chi connectivity index (χ3v) is 7.16. The first-order chi connectivity index (χ1) is 14.5. The first kappa shape index (κ1) is 23.3. The summed E-state index contributed by atoms with van der Waals surface area (Å²) in [6.07, 6.45) is 0.618. The number of piperidine rings is 1. The van der Waals surface area contributed by atoms with Crippen molar-refractivity contribution >= 4 is 15.9 Å². The average molecular weight is 459 g/mol. The molecule has 3 rings (SSSR count). The SMILES string of the molecule is Cc1ccc(S(=O)(=O)N2CCCCC2)cc1C(=O)N(C)Cc1nccn1CC(F)(F)F. The molecule has 0 atom stereocenters. The molecule has 2 aromatic rings. The lowest BCUT2D eigenvalue weighted by Crippen LogP contribution is -2.36. The maximum absolute atomic E-state index is 13.0. The van der Waals surface area contributed by atoms with E-state index in [1.165, 1.54) is 40.8 Å². The number of benzene rings is 1. The fourth-order valence-electron chi connectivity index (χ4n) is 3.56. The van der Waals surface area contributed by atoms with Crippen LogP contribution in [0.1, 0.15) is 41.0 Å². The maximum Gasteiger partial charge on any atom is 0.406 e. The number of aryl methyl sites for hydroxylation is 1. The van der Waals surface area contributed by atoms with Crippen molar-refractivity contribution in [2.45, 2.75) is 50.3 Å². The van der Waals surface area contributed by atoms with Crippen LogP contribution in [0.2, 0.25) is 0 Å². The first-order valence-corrected chi connectivity index (χ1v) is 11.4. The van der Waals surface area contributed by atoms with Crippen LogP contribution in [0.25, 0.3) is 0 Å². The predicted octanol–water partition coefficient (Wildman–Crippen LogP) is 3.20. The molecule has 1 fully saturated rings. The van der Waals surface area contributed by atoms with Crippen LogP contribution >= 0.6 is 0 Å². The van der Waals surface area contributed by atoms with Crippen molar-refractivity contribution in [3.05, 3.63) is 47.5 Å². The van der Waals surface area contributed by atoms with Crippen LogP contribution in [-0.2, 0) is 23.1 Å². The van der Waals surface area contributed by atoms with Crippen LogP contribution in [0.3, 0.4) is 0 Å². The molecule has 0 saturated carbocycles. The summed E-state index contributed by atoms with van der Waals surface area (Å²) in [5, 5.41) is 0. The van der Waals surface area contributed by atoms with E-state index in [2.05, 4.69) is 4.98 Å². The van der Waals surface area contributed by atoms with Crippen molar-refractivity contribution in [1.29, 1.82) is 0 Å². The highest BCUT2D eigenvalue weighted by atomic mass is 32.2. The minimum atomic E-state index is -4.41. The van der Waals surface area contributed by atoms with Crippen LogP contribution in [0.15, 0.2) is 35.5 Å². The zero-order chi connectivity index (χ0) is 22.8. The Balaban J connectivity index is 1.82. The van der Waals surface area contributed by atoms with E-state index in [1.807, 2.05) is 0 Å². The molecule has 0 aliphatic carbocycles. The van der Waals surface area contributed by atoms with E-state index in [0.29, 0.717) is 18.7 Å². The van der Waals surface area contributed by atoms with E-state index in [9.17, 15) is 26.4 Å². The average Bonchev–Trinajstić information content (AvgIpc) is 3.13. The minimum Gasteiger partial charge on any atom is -0.334 e. The zero-order valence-corrected chi connectivity index (χ0v) is 18.2. The van der Waals surface area contributed by atoms with Crippen LogP contribution < -0.4 is 0 Å². The smallest absolute Gasteiger partial charge is 0.334 e. The molecule has 0 spiro atoms. The fourth-order valence-corrected chi connectivity index (χ4v) is 5.11. The van der Waals surface area contributed by atoms with Crippen molar-refractivity contribution in [3.63, 3.8) is 0 Å². The van der Waals surface area contributed by atoms with Gasteiger partial charge in [-0.2, -0.15) is 17.5 Å². The van der Waals surface area contributed by atoms with Crippen LogP contribution in [0, 0.1) is 6.92 Å². The quantitative estimate of drug-likeness (QED) is 0.666. The number of aromatic nitrogens is 2. The van der Waals surface area contributed by atoms with Gasteiger partial charge in [0.05, 0.1) is 11.4 Å². The first-order valence-electron chi connectivity index (χ1n) is 9.92. The molecule has 31 heavy (non-hydrogen) atoms. The van der Waals surface area contributed by atoms with Crippen molar-refractivity contribution in [2.24, 2.45) is 0 Å². The molecule has 1 aromatic heterocycles. The molecule has 0 unspecified atom stereocenters. The summed E-state index contributed by atoms with van der Waals surface area (Å²) in [5.41, 5.74) is 0.766. The summed E-state index contributed by atoms with van der Waals surface area (Å²) in [6.45, 7) is 1.23. The van der Waals surface area contributed by atoms with Gasteiger partial charge >= 0.3 is 6.18 Å². The number of imidazole rings is 1. The third-order valence-electron chi connectivity index (χ3n) is 5.27. The molecule has 1 aliphatic rings. The van der Waals surface area contributed by atoms with Gasteiger partial charge in [-0.15, -0.1) is 0 Å². The Bertz CT molecular complexity index is 1040. The van der Waals surface area contributed by atoms with Gasteiger partial charge in [0.25, 0.3) is 5.91 Å². The van der Waals surface area contributed by atoms with Crippen LogP contribution in [0.5, 0.6) is 0 Å². The molecule has 170 valence electrons.